The van der Waals surface area contributed by atoms with Crippen LogP contribution in [0.4, 0.5) is 4.79 Å². The summed E-state index contributed by atoms with van der Waals surface area (Å²) in [5.74, 6) is -1.39. The third-order valence-corrected chi connectivity index (χ3v) is 5.40. The molecule has 2 aromatic rings. The number of hydrogen-bond donors (Lipinski definition) is 0. The van der Waals surface area contributed by atoms with Crippen LogP contribution < -0.4 is 9.47 Å². The molecule has 0 N–H and O–H groups in total. The summed E-state index contributed by atoms with van der Waals surface area (Å²) in [5, 5.41) is -0.0675. The minimum absolute atomic E-state index is 0.146. The highest BCUT2D eigenvalue weighted by atomic mass is 35.5. The zero-order valence-electron chi connectivity index (χ0n) is 17.1. The fourth-order valence-corrected chi connectivity index (χ4v) is 3.66. The third-order valence-electron chi connectivity index (χ3n) is 4.24. The molecule has 1 aliphatic heterocycles. The highest BCUT2D eigenvalue weighted by molar-refractivity contribution is 8.18. The molecule has 0 atom stereocenters. The Morgan fingerprint density at radius 3 is 2.47 bits per heavy atom. The van der Waals surface area contributed by atoms with Gasteiger partial charge in [0.25, 0.3) is 11.1 Å². The second kappa shape index (κ2) is 10.3. The van der Waals surface area contributed by atoms with Crippen molar-refractivity contribution in [1.82, 2.24) is 4.90 Å². The molecular weight excluding hydrogens is 458 g/mol. The Labute approximate surface area is 193 Å². The maximum atomic E-state index is 12.5. The van der Waals surface area contributed by atoms with Crippen LogP contribution in [-0.4, -0.2) is 48.2 Å². The molecule has 1 saturated heterocycles. The normalized spacial score (nSPS) is 14.6. The first kappa shape index (κ1) is 23.4. The van der Waals surface area contributed by atoms with Gasteiger partial charge in [0.1, 0.15) is 6.54 Å². The van der Waals surface area contributed by atoms with Gasteiger partial charge in [-0.25, -0.2) is 4.79 Å². The van der Waals surface area contributed by atoms with E-state index in [1.165, 1.54) is 19.3 Å². The molecule has 1 heterocycles. The van der Waals surface area contributed by atoms with Crippen molar-refractivity contribution in [1.29, 1.82) is 0 Å². The molecule has 10 heteroatoms. The van der Waals surface area contributed by atoms with E-state index < -0.39 is 29.6 Å². The fourth-order valence-electron chi connectivity index (χ4n) is 2.69. The summed E-state index contributed by atoms with van der Waals surface area (Å²) in [6.45, 7) is 1.63. The first-order chi connectivity index (χ1) is 15.3. The Kier molecular flexibility index (Phi) is 7.55. The minimum Gasteiger partial charge on any atom is -0.490 e. The number of halogens is 1. The number of rotatable bonds is 7. The summed E-state index contributed by atoms with van der Waals surface area (Å²) >= 11 is 6.56. The largest absolute Gasteiger partial charge is 0.490 e. The number of carbonyl (C=O) groups is 4. The summed E-state index contributed by atoms with van der Waals surface area (Å²) < 4.78 is 15.5. The van der Waals surface area contributed by atoms with Crippen molar-refractivity contribution in [2.75, 3.05) is 20.3 Å². The van der Waals surface area contributed by atoms with Gasteiger partial charge in [-0.3, -0.25) is 19.3 Å². The smallest absolute Gasteiger partial charge is 0.343 e. The van der Waals surface area contributed by atoms with E-state index in [1.54, 1.807) is 43.3 Å². The van der Waals surface area contributed by atoms with Crippen LogP contribution in [0.15, 0.2) is 47.4 Å². The van der Waals surface area contributed by atoms with E-state index in [4.69, 9.17) is 21.1 Å². The molecule has 3 rings (SSSR count). The Bertz CT molecular complexity index is 1100. The summed E-state index contributed by atoms with van der Waals surface area (Å²) in [5.41, 5.74) is 0.864. The standard InChI is InChI=1S/C22H18ClNO7S/c1-3-30-17-10-13(11-18-20(26)24(22(28)32-18)12-19(25)29-2)4-9-16(17)31-21(27)14-5-7-15(23)8-6-14/h4-11H,3,12H2,1-2H3/b18-11-. The van der Waals surface area contributed by atoms with Gasteiger partial charge < -0.3 is 14.2 Å². The molecule has 1 fully saturated rings. The van der Waals surface area contributed by atoms with Crippen LogP contribution in [0.5, 0.6) is 11.5 Å². The molecule has 0 saturated carbocycles. The van der Waals surface area contributed by atoms with E-state index in [-0.39, 0.29) is 16.4 Å². The Hall–Kier alpha value is -3.30. The van der Waals surface area contributed by atoms with Gasteiger partial charge in [0, 0.05) is 5.02 Å². The van der Waals surface area contributed by atoms with Gasteiger partial charge in [-0.15, -0.1) is 0 Å². The van der Waals surface area contributed by atoms with Gasteiger partial charge >= 0.3 is 11.9 Å². The number of thioether (sulfide) groups is 1. The van der Waals surface area contributed by atoms with Crippen molar-refractivity contribution in [3.05, 3.63) is 63.5 Å². The molecule has 0 aliphatic carbocycles. The molecule has 166 valence electrons. The van der Waals surface area contributed by atoms with Crippen LogP contribution in [0, 0.1) is 0 Å². The van der Waals surface area contributed by atoms with Gasteiger partial charge in [0.05, 0.1) is 24.2 Å². The second-order valence-corrected chi connectivity index (χ2v) is 7.81. The van der Waals surface area contributed by atoms with Gasteiger partial charge in [-0.1, -0.05) is 17.7 Å². The third kappa shape index (κ3) is 5.49. The molecule has 1 aliphatic rings. The maximum absolute atomic E-state index is 12.5. The molecule has 0 bridgehead atoms. The number of amides is 2. The predicted octanol–water partition coefficient (Wildman–Crippen LogP) is 4.17. The second-order valence-electron chi connectivity index (χ2n) is 6.38. The summed E-state index contributed by atoms with van der Waals surface area (Å²) in [7, 11) is 1.17. The summed E-state index contributed by atoms with van der Waals surface area (Å²) in [4.78, 5) is 49.3. The first-order valence-corrected chi connectivity index (χ1v) is 10.6. The van der Waals surface area contributed by atoms with Crippen molar-refractivity contribution in [3.8, 4) is 11.5 Å². The molecule has 32 heavy (non-hydrogen) atoms. The number of esters is 2. The van der Waals surface area contributed by atoms with E-state index in [9.17, 15) is 19.2 Å². The topological polar surface area (TPSA) is 99.2 Å². The summed E-state index contributed by atoms with van der Waals surface area (Å²) in [6.07, 6.45) is 1.50. The van der Waals surface area contributed by atoms with Gasteiger partial charge in [-0.2, -0.15) is 0 Å². The molecule has 2 aromatic carbocycles. The molecule has 0 radical (unpaired) electrons. The van der Waals surface area contributed by atoms with E-state index in [0.717, 1.165) is 4.90 Å². The number of nitrogens with zero attached hydrogens (tertiary/aromatic N) is 1. The number of ether oxygens (including phenoxy) is 3. The lowest BCUT2D eigenvalue weighted by Gasteiger charge is -2.12. The maximum Gasteiger partial charge on any atom is 0.343 e. The van der Waals surface area contributed by atoms with Crippen LogP contribution >= 0.6 is 23.4 Å². The lowest BCUT2D eigenvalue weighted by atomic mass is 10.1. The SMILES string of the molecule is CCOc1cc(/C=C2\SC(=O)N(CC(=O)OC)C2=O)ccc1OC(=O)c1ccc(Cl)cc1. The highest BCUT2D eigenvalue weighted by Gasteiger charge is 2.36. The highest BCUT2D eigenvalue weighted by Crippen LogP contribution is 2.35. The van der Waals surface area contributed by atoms with E-state index in [1.807, 2.05) is 0 Å². The van der Waals surface area contributed by atoms with Crippen molar-refractivity contribution >= 4 is 52.5 Å². The van der Waals surface area contributed by atoms with Crippen LogP contribution in [0.2, 0.25) is 5.02 Å². The van der Waals surface area contributed by atoms with Crippen LogP contribution in [0.25, 0.3) is 6.08 Å². The molecule has 0 unspecified atom stereocenters. The molecule has 2 amide bonds. The van der Waals surface area contributed by atoms with Crippen molar-refractivity contribution in [2.24, 2.45) is 0 Å². The minimum atomic E-state index is -0.695. The van der Waals surface area contributed by atoms with Crippen LogP contribution in [0.3, 0.4) is 0 Å². The number of hydrogen-bond acceptors (Lipinski definition) is 8. The molecular formula is C22H18ClNO7S. The van der Waals surface area contributed by atoms with Gasteiger partial charge in [0.2, 0.25) is 0 Å². The number of benzene rings is 2. The Morgan fingerprint density at radius 1 is 1.09 bits per heavy atom. The van der Waals surface area contributed by atoms with Crippen molar-refractivity contribution < 1.29 is 33.4 Å². The zero-order valence-corrected chi connectivity index (χ0v) is 18.7. The van der Waals surface area contributed by atoms with E-state index in [0.29, 0.717) is 34.5 Å². The van der Waals surface area contributed by atoms with Gasteiger partial charge in [-0.05, 0) is 66.7 Å². The van der Waals surface area contributed by atoms with E-state index in [2.05, 4.69) is 4.74 Å². The zero-order chi connectivity index (χ0) is 23.3. The van der Waals surface area contributed by atoms with E-state index >= 15 is 0 Å². The number of carbonyl (C=O) groups excluding carboxylic acids is 4. The first-order valence-electron chi connectivity index (χ1n) is 9.39. The average Bonchev–Trinajstić information content (AvgIpc) is 3.03. The van der Waals surface area contributed by atoms with Gasteiger partial charge in [0.15, 0.2) is 11.5 Å². The fraction of sp³-hybridized carbons (Fsp3) is 0.182. The molecule has 0 spiro atoms. The van der Waals surface area contributed by atoms with Crippen LogP contribution in [-0.2, 0) is 14.3 Å². The predicted molar refractivity (Wildman–Crippen MR) is 119 cm³/mol. The number of methoxy groups -OCH3 is 1. The monoisotopic (exact) mass is 475 g/mol. The quantitative estimate of drug-likeness (QED) is 0.334. The van der Waals surface area contributed by atoms with Crippen LogP contribution in [0.1, 0.15) is 22.8 Å². The number of imide groups is 1. The van der Waals surface area contributed by atoms with Crippen molar-refractivity contribution in [2.45, 2.75) is 6.92 Å². The Balaban J connectivity index is 1.82. The molecule has 0 aromatic heterocycles. The Morgan fingerprint density at radius 2 is 1.81 bits per heavy atom. The summed E-state index contributed by atoms with van der Waals surface area (Å²) in [6, 6.07) is 11.0. The average molecular weight is 476 g/mol. The lowest BCUT2D eigenvalue weighted by Crippen LogP contribution is -2.34. The van der Waals surface area contributed by atoms with Crippen molar-refractivity contribution in [3.63, 3.8) is 0 Å². The lowest BCUT2D eigenvalue weighted by molar-refractivity contribution is -0.143. The molecule has 8 nitrogen and oxygen atoms in total.